The molecule has 5 rings (SSSR count). The quantitative estimate of drug-likeness (QED) is 0.598. The number of benzene rings is 2. The van der Waals surface area contributed by atoms with Crippen molar-refractivity contribution < 1.29 is 18.8 Å². The number of fused-ring (bicyclic) bond motifs is 1. The summed E-state index contributed by atoms with van der Waals surface area (Å²) in [5.74, 6) is 1.57. The lowest BCUT2D eigenvalue weighted by Crippen LogP contribution is -2.37. The number of amides is 1. The maximum Gasteiger partial charge on any atom is 0.273 e. The van der Waals surface area contributed by atoms with Crippen molar-refractivity contribution in [2.75, 3.05) is 32.8 Å². The van der Waals surface area contributed by atoms with Crippen LogP contribution in [0.4, 0.5) is 0 Å². The van der Waals surface area contributed by atoms with E-state index in [1.165, 1.54) is 0 Å². The maximum atomic E-state index is 12.8. The number of halogens is 1. The molecule has 2 aliphatic rings. The third kappa shape index (κ3) is 4.31. The number of nitrogens with one attached hydrogen (secondary N) is 1. The minimum absolute atomic E-state index is 0.0133. The number of ether oxygens (including phenoxy) is 2. The maximum absolute atomic E-state index is 12.8. The van der Waals surface area contributed by atoms with Crippen molar-refractivity contribution >= 4 is 17.5 Å². The zero-order valence-corrected chi connectivity index (χ0v) is 18.3. The average molecular weight is 454 g/mol. The van der Waals surface area contributed by atoms with Crippen LogP contribution in [0, 0.1) is 0 Å². The van der Waals surface area contributed by atoms with E-state index in [0.717, 1.165) is 37.1 Å². The minimum Gasteiger partial charge on any atom is -0.486 e. The zero-order valence-electron chi connectivity index (χ0n) is 17.6. The van der Waals surface area contributed by atoms with Crippen molar-refractivity contribution in [1.29, 1.82) is 0 Å². The SMILES string of the molecule is O=C(NC[C@@H](c1ccccc1Cl)N1CCCC1)c1cc(-c2ccc3c(c2)OCCO3)on1. The third-order valence-corrected chi connectivity index (χ3v) is 6.22. The van der Waals surface area contributed by atoms with Crippen LogP contribution in [0.2, 0.25) is 5.02 Å². The molecule has 8 heteroatoms. The second kappa shape index (κ2) is 9.22. The highest BCUT2D eigenvalue weighted by molar-refractivity contribution is 6.31. The highest BCUT2D eigenvalue weighted by Crippen LogP contribution is 2.35. The first kappa shape index (κ1) is 20.8. The molecule has 1 aromatic heterocycles. The Morgan fingerprint density at radius 3 is 2.66 bits per heavy atom. The Hall–Kier alpha value is -3.03. The van der Waals surface area contributed by atoms with Gasteiger partial charge in [-0.2, -0.15) is 0 Å². The summed E-state index contributed by atoms with van der Waals surface area (Å²) in [6, 6.07) is 15.0. The Bertz CT molecular complexity index is 1110. The van der Waals surface area contributed by atoms with Gasteiger partial charge in [-0.15, -0.1) is 0 Å². The fraction of sp³-hybridized carbons (Fsp3) is 0.333. The van der Waals surface area contributed by atoms with Crippen LogP contribution in [-0.2, 0) is 0 Å². The molecular formula is C24H24ClN3O4. The van der Waals surface area contributed by atoms with Gasteiger partial charge in [-0.1, -0.05) is 35.0 Å². The van der Waals surface area contributed by atoms with Crippen LogP contribution in [0.15, 0.2) is 53.1 Å². The topological polar surface area (TPSA) is 76.8 Å². The van der Waals surface area contributed by atoms with Crippen LogP contribution in [0.25, 0.3) is 11.3 Å². The molecule has 1 amide bonds. The molecule has 1 fully saturated rings. The highest BCUT2D eigenvalue weighted by atomic mass is 35.5. The number of rotatable bonds is 6. The average Bonchev–Trinajstić information content (AvgIpc) is 3.53. The number of likely N-dealkylation sites (tertiary alicyclic amines) is 1. The van der Waals surface area contributed by atoms with E-state index in [-0.39, 0.29) is 17.6 Å². The van der Waals surface area contributed by atoms with Gasteiger partial charge in [0.25, 0.3) is 5.91 Å². The molecular weight excluding hydrogens is 430 g/mol. The van der Waals surface area contributed by atoms with Gasteiger partial charge < -0.3 is 19.3 Å². The Morgan fingerprint density at radius 2 is 1.84 bits per heavy atom. The fourth-order valence-corrected chi connectivity index (χ4v) is 4.49. The number of hydrogen-bond donors (Lipinski definition) is 1. The Kier molecular flexibility index (Phi) is 6.01. The largest absolute Gasteiger partial charge is 0.486 e. The van der Waals surface area contributed by atoms with Crippen molar-refractivity contribution in [3.63, 3.8) is 0 Å². The molecule has 32 heavy (non-hydrogen) atoms. The standard InChI is InChI=1S/C24H24ClN3O4/c25-18-6-2-1-5-17(18)20(28-9-3-4-10-28)15-26-24(29)19-14-22(32-27-19)16-7-8-21-23(13-16)31-12-11-30-21/h1-2,5-8,13-14,20H,3-4,9-12,15H2,(H,26,29)/t20-/m0/s1. The second-order valence-electron chi connectivity index (χ2n) is 7.93. The number of aromatic nitrogens is 1. The van der Waals surface area contributed by atoms with Crippen molar-refractivity contribution in [3.05, 3.63) is 64.8 Å². The molecule has 3 aromatic rings. The summed E-state index contributed by atoms with van der Waals surface area (Å²) in [6.07, 6.45) is 2.30. The smallest absolute Gasteiger partial charge is 0.273 e. The van der Waals surface area contributed by atoms with Gasteiger partial charge in [0.2, 0.25) is 0 Å². The normalized spacial score (nSPS) is 16.7. The van der Waals surface area contributed by atoms with Gasteiger partial charge in [0, 0.05) is 23.2 Å². The number of hydrogen-bond acceptors (Lipinski definition) is 6. The van der Waals surface area contributed by atoms with Gasteiger partial charge in [0.1, 0.15) is 13.2 Å². The number of carbonyl (C=O) groups excluding carboxylic acids is 1. The summed E-state index contributed by atoms with van der Waals surface area (Å²) in [5, 5.41) is 7.69. The van der Waals surface area contributed by atoms with E-state index in [0.29, 0.717) is 42.0 Å². The van der Waals surface area contributed by atoms with Crippen LogP contribution >= 0.6 is 11.6 Å². The molecule has 0 aliphatic carbocycles. The monoisotopic (exact) mass is 453 g/mol. The molecule has 3 heterocycles. The van der Waals surface area contributed by atoms with Gasteiger partial charge in [-0.3, -0.25) is 9.69 Å². The van der Waals surface area contributed by atoms with Crippen LogP contribution in [-0.4, -0.2) is 48.8 Å². The van der Waals surface area contributed by atoms with Crippen molar-refractivity contribution in [1.82, 2.24) is 15.4 Å². The Labute approximate surface area is 191 Å². The number of nitrogens with zero attached hydrogens (tertiary/aromatic N) is 2. The minimum atomic E-state index is -0.284. The van der Waals surface area contributed by atoms with Gasteiger partial charge in [0.15, 0.2) is 23.0 Å². The Morgan fingerprint density at radius 1 is 1.06 bits per heavy atom. The van der Waals surface area contributed by atoms with Gasteiger partial charge in [-0.25, -0.2) is 0 Å². The predicted molar refractivity (Wildman–Crippen MR) is 120 cm³/mol. The summed E-state index contributed by atoms with van der Waals surface area (Å²) in [5.41, 5.74) is 2.02. The summed E-state index contributed by atoms with van der Waals surface area (Å²) >= 11 is 6.47. The Balaban J connectivity index is 1.29. The summed E-state index contributed by atoms with van der Waals surface area (Å²) in [6.45, 7) is 3.46. The lowest BCUT2D eigenvalue weighted by Gasteiger charge is -2.28. The molecule has 1 saturated heterocycles. The van der Waals surface area contributed by atoms with E-state index in [1.807, 2.05) is 42.5 Å². The molecule has 7 nitrogen and oxygen atoms in total. The van der Waals surface area contributed by atoms with Crippen molar-refractivity contribution in [3.8, 4) is 22.8 Å². The van der Waals surface area contributed by atoms with E-state index < -0.39 is 0 Å². The second-order valence-corrected chi connectivity index (χ2v) is 8.33. The lowest BCUT2D eigenvalue weighted by molar-refractivity contribution is 0.0929. The molecule has 2 aliphatic heterocycles. The van der Waals surface area contributed by atoms with Crippen LogP contribution in [0.1, 0.15) is 34.9 Å². The van der Waals surface area contributed by atoms with Gasteiger partial charge in [-0.05, 0) is 55.8 Å². The van der Waals surface area contributed by atoms with Crippen molar-refractivity contribution in [2.24, 2.45) is 0 Å². The molecule has 166 valence electrons. The molecule has 0 bridgehead atoms. The van der Waals surface area contributed by atoms with E-state index in [9.17, 15) is 4.79 Å². The predicted octanol–water partition coefficient (Wildman–Crippen LogP) is 4.33. The van der Waals surface area contributed by atoms with E-state index >= 15 is 0 Å². The summed E-state index contributed by atoms with van der Waals surface area (Å²) in [4.78, 5) is 15.2. The number of carbonyl (C=O) groups is 1. The molecule has 0 radical (unpaired) electrons. The summed E-state index contributed by atoms with van der Waals surface area (Å²) in [7, 11) is 0. The van der Waals surface area contributed by atoms with Gasteiger partial charge in [0.05, 0.1) is 6.04 Å². The fourth-order valence-electron chi connectivity index (χ4n) is 4.23. The van der Waals surface area contributed by atoms with E-state index in [4.69, 9.17) is 25.6 Å². The van der Waals surface area contributed by atoms with Crippen LogP contribution < -0.4 is 14.8 Å². The first-order valence-corrected chi connectivity index (χ1v) is 11.2. The highest BCUT2D eigenvalue weighted by Gasteiger charge is 2.26. The summed E-state index contributed by atoms with van der Waals surface area (Å²) < 4.78 is 16.6. The van der Waals surface area contributed by atoms with Crippen LogP contribution in [0.3, 0.4) is 0 Å². The molecule has 0 unspecified atom stereocenters. The van der Waals surface area contributed by atoms with Crippen molar-refractivity contribution in [2.45, 2.75) is 18.9 Å². The molecule has 1 N–H and O–H groups in total. The zero-order chi connectivity index (χ0) is 21.9. The first-order chi connectivity index (χ1) is 15.7. The molecule has 0 saturated carbocycles. The first-order valence-electron chi connectivity index (χ1n) is 10.8. The van der Waals surface area contributed by atoms with E-state index in [1.54, 1.807) is 6.07 Å². The third-order valence-electron chi connectivity index (χ3n) is 5.87. The van der Waals surface area contributed by atoms with E-state index in [2.05, 4.69) is 15.4 Å². The van der Waals surface area contributed by atoms with Crippen LogP contribution in [0.5, 0.6) is 11.5 Å². The molecule has 1 atom stereocenters. The van der Waals surface area contributed by atoms with Gasteiger partial charge >= 0.3 is 0 Å². The molecule has 2 aromatic carbocycles. The lowest BCUT2D eigenvalue weighted by atomic mass is 10.1. The molecule has 0 spiro atoms.